The molecule has 0 aliphatic carbocycles. The highest BCUT2D eigenvalue weighted by atomic mass is 16.3. The number of benzene rings is 3. The highest BCUT2D eigenvalue weighted by Crippen LogP contribution is 2.23. The molecule has 1 unspecified atom stereocenters. The molecule has 0 bridgehead atoms. The summed E-state index contributed by atoms with van der Waals surface area (Å²) in [6.07, 6.45) is 0.631. The molecule has 3 aromatic carbocycles. The van der Waals surface area contributed by atoms with E-state index < -0.39 is 6.10 Å². The number of fused-ring (bicyclic) bond motifs is 1. The lowest BCUT2D eigenvalue weighted by Gasteiger charge is -2.08. The Kier molecular flexibility index (Phi) is 5.56. The second-order valence-corrected chi connectivity index (χ2v) is 5.26. The number of rotatable bonds is 2. The van der Waals surface area contributed by atoms with Crippen molar-refractivity contribution in [2.24, 2.45) is 0 Å². The van der Waals surface area contributed by atoms with Crippen LogP contribution < -0.4 is 0 Å². The lowest BCUT2D eigenvalue weighted by atomic mass is 10.0. The maximum absolute atomic E-state index is 9.52. The summed E-state index contributed by atoms with van der Waals surface area (Å²) < 4.78 is 0. The molecule has 1 atom stereocenters. The summed E-state index contributed by atoms with van der Waals surface area (Å²) >= 11 is 0. The average Bonchev–Trinajstić information content (AvgIpc) is 2.55. The first kappa shape index (κ1) is 16.1. The van der Waals surface area contributed by atoms with Crippen molar-refractivity contribution in [2.45, 2.75) is 26.4 Å². The van der Waals surface area contributed by atoms with E-state index in [2.05, 4.69) is 19.1 Å². The number of hydrogen-bond donors (Lipinski definition) is 2. The zero-order chi connectivity index (χ0) is 15.9. The van der Waals surface area contributed by atoms with Crippen LogP contribution in [0.15, 0.2) is 66.7 Å². The zero-order valence-corrected chi connectivity index (χ0v) is 13.0. The molecule has 0 radical (unpaired) electrons. The third kappa shape index (κ3) is 4.09. The van der Waals surface area contributed by atoms with Crippen molar-refractivity contribution in [3.05, 3.63) is 77.9 Å². The van der Waals surface area contributed by atoms with Crippen LogP contribution in [0.4, 0.5) is 0 Å². The van der Waals surface area contributed by atoms with Gasteiger partial charge in [-0.1, -0.05) is 61.5 Å². The fourth-order valence-electron chi connectivity index (χ4n) is 2.35. The molecular formula is C20H22O2. The van der Waals surface area contributed by atoms with Crippen LogP contribution in [0.5, 0.6) is 5.75 Å². The summed E-state index contributed by atoms with van der Waals surface area (Å²) in [6, 6.07) is 21.4. The fraction of sp³-hybridized carbons (Fsp3) is 0.200. The highest BCUT2D eigenvalue weighted by Gasteiger charge is 2.04. The quantitative estimate of drug-likeness (QED) is 0.709. The van der Waals surface area contributed by atoms with Crippen molar-refractivity contribution in [1.29, 1.82) is 0 Å². The smallest absolute Gasteiger partial charge is 0.115 e. The highest BCUT2D eigenvalue weighted by molar-refractivity contribution is 5.85. The monoisotopic (exact) mass is 294 g/mol. The minimum atomic E-state index is -0.397. The molecule has 114 valence electrons. The number of aliphatic hydroxyl groups excluding tert-OH is 1. The van der Waals surface area contributed by atoms with E-state index in [1.807, 2.05) is 42.5 Å². The summed E-state index contributed by atoms with van der Waals surface area (Å²) in [4.78, 5) is 0. The Morgan fingerprint density at radius 2 is 1.50 bits per heavy atom. The number of aliphatic hydroxyl groups is 1. The standard InChI is InChI=1S/C12H12O.C8H10O/c1-9(13)11-8-4-6-10-5-2-3-7-12(10)11;1-2-7-3-5-8(9)6-4-7/h2-9,13H,1H3;3-6,9H,2H2,1H3. The minimum absolute atomic E-state index is 0.340. The Hall–Kier alpha value is -2.32. The Balaban J connectivity index is 0.000000172. The average molecular weight is 294 g/mol. The van der Waals surface area contributed by atoms with Crippen LogP contribution in [-0.4, -0.2) is 10.2 Å². The summed E-state index contributed by atoms with van der Waals surface area (Å²) in [5.41, 5.74) is 2.26. The van der Waals surface area contributed by atoms with Gasteiger partial charge in [0.05, 0.1) is 6.10 Å². The van der Waals surface area contributed by atoms with Gasteiger partial charge in [-0.25, -0.2) is 0 Å². The van der Waals surface area contributed by atoms with Crippen LogP contribution in [0.2, 0.25) is 0 Å². The van der Waals surface area contributed by atoms with Gasteiger partial charge < -0.3 is 10.2 Å². The first-order valence-electron chi connectivity index (χ1n) is 7.55. The molecule has 0 aliphatic rings. The van der Waals surface area contributed by atoms with Crippen molar-refractivity contribution in [3.8, 4) is 5.75 Å². The van der Waals surface area contributed by atoms with E-state index >= 15 is 0 Å². The lowest BCUT2D eigenvalue weighted by molar-refractivity contribution is 0.201. The SMILES string of the molecule is CC(O)c1cccc2ccccc12.CCc1ccc(O)cc1. The third-order valence-electron chi connectivity index (χ3n) is 3.62. The van der Waals surface area contributed by atoms with Crippen molar-refractivity contribution < 1.29 is 10.2 Å². The van der Waals surface area contributed by atoms with Crippen LogP contribution in [0.3, 0.4) is 0 Å². The Morgan fingerprint density at radius 3 is 2.14 bits per heavy atom. The van der Waals surface area contributed by atoms with Gasteiger partial charge in [0.1, 0.15) is 5.75 Å². The van der Waals surface area contributed by atoms with E-state index in [0.29, 0.717) is 5.75 Å². The molecule has 0 amide bonds. The number of phenolic OH excluding ortho intramolecular Hbond substituents is 1. The van der Waals surface area contributed by atoms with E-state index in [9.17, 15) is 5.11 Å². The van der Waals surface area contributed by atoms with Crippen molar-refractivity contribution in [2.75, 3.05) is 0 Å². The largest absolute Gasteiger partial charge is 0.508 e. The van der Waals surface area contributed by atoms with Gasteiger partial charge in [-0.05, 0) is 47.4 Å². The maximum Gasteiger partial charge on any atom is 0.115 e. The van der Waals surface area contributed by atoms with Gasteiger partial charge in [0.25, 0.3) is 0 Å². The first-order chi connectivity index (χ1) is 10.6. The van der Waals surface area contributed by atoms with Crippen molar-refractivity contribution in [1.82, 2.24) is 0 Å². The van der Waals surface area contributed by atoms with Gasteiger partial charge in [-0.3, -0.25) is 0 Å². The number of aryl methyl sites for hydroxylation is 1. The molecule has 0 fully saturated rings. The maximum atomic E-state index is 9.52. The molecule has 0 heterocycles. The second-order valence-electron chi connectivity index (χ2n) is 5.26. The van der Waals surface area contributed by atoms with Gasteiger partial charge in [0.2, 0.25) is 0 Å². The predicted octanol–water partition coefficient (Wildman–Crippen LogP) is 4.85. The zero-order valence-electron chi connectivity index (χ0n) is 13.0. The molecule has 22 heavy (non-hydrogen) atoms. The topological polar surface area (TPSA) is 40.5 Å². The normalized spacial score (nSPS) is 11.6. The van der Waals surface area contributed by atoms with E-state index in [0.717, 1.165) is 17.4 Å². The van der Waals surface area contributed by atoms with Gasteiger partial charge in [0, 0.05) is 0 Å². The Labute approximate surface area is 131 Å². The van der Waals surface area contributed by atoms with Gasteiger partial charge >= 0.3 is 0 Å². The number of aromatic hydroxyl groups is 1. The second kappa shape index (κ2) is 7.62. The molecule has 0 aliphatic heterocycles. The summed E-state index contributed by atoms with van der Waals surface area (Å²) in [6.45, 7) is 3.88. The van der Waals surface area contributed by atoms with Crippen molar-refractivity contribution in [3.63, 3.8) is 0 Å². The van der Waals surface area contributed by atoms with Crippen LogP contribution >= 0.6 is 0 Å². The number of hydrogen-bond acceptors (Lipinski definition) is 2. The molecule has 0 spiro atoms. The first-order valence-corrected chi connectivity index (χ1v) is 7.55. The van der Waals surface area contributed by atoms with Crippen molar-refractivity contribution >= 4 is 10.8 Å². The molecule has 0 aromatic heterocycles. The summed E-state index contributed by atoms with van der Waals surface area (Å²) in [5, 5.41) is 20.7. The molecular weight excluding hydrogens is 272 g/mol. The van der Waals surface area contributed by atoms with E-state index in [4.69, 9.17) is 5.11 Å². The van der Waals surface area contributed by atoms with Crippen LogP contribution in [0.25, 0.3) is 10.8 Å². The Morgan fingerprint density at radius 1 is 0.864 bits per heavy atom. The van der Waals surface area contributed by atoms with Gasteiger partial charge in [-0.15, -0.1) is 0 Å². The molecule has 0 saturated carbocycles. The molecule has 2 heteroatoms. The Bertz CT molecular complexity index is 710. The fourth-order valence-corrected chi connectivity index (χ4v) is 2.35. The van der Waals surface area contributed by atoms with Crippen LogP contribution in [-0.2, 0) is 6.42 Å². The summed E-state index contributed by atoms with van der Waals surface area (Å²) in [5.74, 6) is 0.340. The van der Waals surface area contributed by atoms with E-state index in [1.165, 1.54) is 10.9 Å². The van der Waals surface area contributed by atoms with Crippen LogP contribution in [0.1, 0.15) is 31.1 Å². The predicted molar refractivity (Wildman–Crippen MR) is 92.1 cm³/mol. The third-order valence-corrected chi connectivity index (χ3v) is 3.62. The van der Waals surface area contributed by atoms with E-state index in [1.54, 1.807) is 19.1 Å². The minimum Gasteiger partial charge on any atom is -0.508 e. The number of phenols is 1. The van der Waals surface area contributed by atoms with E-state index in [-0.39, 0.29) is 0 Å². The lowest BCUT2D eigenvalue weighted by Crippen LogP contribution is -1.91. The summed E-state index contributed by atoms with van der Waals surface area (Å²) in [7, 11) is 0. The molecule has 3 rings (SSSR count). The van der Waals surface area contributed by atoms with Gasteiger partial charge in [0.15, 0.2) is 0 Å². The molecule has 0 saturated heterocycles. The van der Waals surface area contributed by atoms with Gasteiger partial charge in [-0.2, -0.15) is 0 Å². The molecule has 2 N–H and O–H groups in total. The molecule has 3 aromatic rings. The molecule has 2 nitrogen and oxygen atoms in total. The van der Waals surface area contributed by atoms with Crippen LogP contribution in [0, 0.1) is 0 Å².